The zero-order valence-corrected chi connectivity index (χ0v) is 28.5. The van der Waals surface area contributed by atoms with E-state index >= 15 is 0 Å². The van der Waals surface area contributed by atoms with Gasteiger partial charge in [0.15, 0.2) is 17.4 Å². The van der Waals surface area contributed by atoms with Gasteiger partial charge in [-0.15, -0.1) is 11.3 Å². The third-order valence-corrected chi connectivity index (χ3v) is 9.06. The summed E-state index contributed by atoms with van der Waals surface area (Å²) in [6, 6.07) is 5.86. The van der Waals surface area contributed by atoms with Crippen molar-refractivity contribution in [3.05, 3.63) is 81.8 Å². The average molecular weight is 727 g/mol. The first-order valence-corrected chi connectivity index (χ1v) is 16.8. The fourth-order valence-electron chi connectivity index (χ4n) is 4.34. The van der Waals surface area contributed by atoms with E-state index in [4.69, 9.17) is 13.7 Å². The Kier molecular flexibility index (Phi) is 14.0. The number of benzene rings is 2. The van der Waals surface area contributed by atoms with Crippen LogP contribution in [-0.2, 0) is 44.6 Å². The number of amides is 3. The smallest absolute Gasteiger partial charge is 0.297 e. The molecule has 4 atom stereocenters. The molecule has 3 aromatic rings. The first kappa shape index (κ1) is 39.2. The molecule has 1 unspecified atom stereocenters. The zero-order valence-electron chi connectivity index (χ0n) is 26.9. The molecular formula is C31H36F2N4O10S2. The number of carbonyl (C=O) groups excluding carboxylic acids is 4. The van der Waals surface area contributed by atoms with Crippen molar-refractivity contribution in [2.45, 2.75) is 48.9 Å². The number of nitrogens with one attached hydrogen (secondary N) is 3. The highest BCUT2D eigenvalue weighted by Crippen LogP contribution is 2.20. The molecule has 4 N–H and O–H groups in total. The molecule has 18 heteroatoms. The molecule has 0 spiro atoms. The van der Waals surface area contributed by atoms with Crippen molar-refractivity contribution >= 4 is 45.0 Å². The Morgan fingerprint density at radius 1 is 0.918 bits per heavy atom. The Balaban J connectivity index is 1.79. The van der Waals surface area contributed by atoms with Gasteiger partial charge < -0.3 is 30.5 Å². The number of thiazole rings is 1. The first-order valence-electron chi connectivity index (χ1n) is 14.5. The lowest BCUT2D eigenvalue weighted by atomic mass is 9.91. The molecule has 0 bridgehead atoms. The minimum Gasteiger partial charge on any atom is -0.382 e. The normalized spacial score (nSPS) is 14.6. The maximum atomic E-state index is 13.7. The standard InChI is InChI=1S/C31H36F2N4O10S2/c1-18-34-14-26(48-18)30(41)37-25(16-46-4)29(40)36-24(15-45-3)28(39)35-23(12-19-8-6-5-7-9-19)27(38)31(2,42)17-47-49(43,44)20-10-11-21(32)22(33)13-20/h5-11,13-14,23-25,42H,12,15-17H2,1-4H3,(H,35,39)(H,36,40)(H,37,41)/t23-,24-,25-,31?/m0/s1. The summed E-state index contributed by atoms with van der Waals surface area (Å²) in [6.07, 6.45) is 1.17. The van der Waals surface area contributed by atoms with Crippen molar-refractivity contribution < 1.29 is 55.1 Å². The van der Waals surface area contributed by atoms with Crippen molar-refractivity contribution in [3.63, 3.8) is 0 Å². The van der Waals surface area contributed by atoms with E-state index in [1.54, 1.807) is 37.3 Å². The fourth-order valence-corrected chi connectivity index (χ4v) is 6.02. The number of methoxy groups -OCH3 is 2. The van der Waals surface area contributed by atoms with E-state index in [9.17, 15) is 41.5 Å². The molecule has 0 aliphatic rings. The third kappa shape index (κ3) is 11.2. The number of aromatic nitrogens is 1. The van der Waals surface area contributed by atoms with E-state index in [0.29, 0.717) is 22.7 Å². The largest absolute Gasteiger partial charge is 0.382 e. The number of ketones is 1. The van der Waals surface area contributed by atoms with Gasteiger partial charge in [-0.3, -0.25) is 23.4 Å². The molecule has 3 amide bonds. The zero-order chi connectivity index (χ0) is 36.4. The Labute approximate surface area is 285 Å². The number of Topliss-reactive ketones (excluding diaryl/α,β-unsaturated/α-hetero) is 1. The summed E-state index contributed by atoms with van der Waals surface area (Å²) in [7, 11) is -2.19. The molecule has 0 aliphatic carbocycles. The summed E-state index contributed by atoms with van der Waals surface area (Å²) in [5.74, 6) is -6.16. The number of halogens is 2. The van der Waals surface area contributed by atoms with Crippen molar-refractivity contribution in [2.24, 2.45) is 0 Å². The molecule has 1 heterocycles. The summed E-state index contributed by atoms with van der Waals surface area (Å²) in [6.45, 7) is 0.871. The molecule has 266 valence electrons. The number of ether oxygens (including phenoxy) is 2. The summed E-state index contributed by atoms with van der Waals surface area (Å²) < 4.78 is 67.2. The lowest BCUT2D eigenvalue weighted by Gasteiger charge is -2.29. The van der Waals surface area contributed by atoms with Crippen molar-refractivity contribution in [3.8, 4) is 0 Å². The minimum absolute atomic E-state index is 0.179. The topological polar surface area (TPSA) is 199 Å². The quantitative estimate of drug-likeness (QED) is 0.137. The number of aryl methyl sites for hydroxylation is 1. The number of nitrogens with zero attached hydrogens (tertiary/aromatic N) is 1. The lowest BCUT2D eigenvalue weighted by molar-refractivity contribution is -0.143. The van der Waals surface area contributed by atoms with Crippen LogP contribution >= 0.6 is 11.3 Å². The number of rotatable bonds is 18. The fraction of sp³-hybridized carbons (Fsp3) is 0.387. The van der Waals surface area contributed by atoms with Crippen LogP contribution in [0.4, 0.5) is 8.78 Å². The summed E-state index contributed by atoms with van der Waals surface area (Å²) in [4.78, 5) is 56.6. The van der Waals surface area contributed by atoms with Crippen LogP contribution in [0.2, 0.25) is 0 Å². The van der Waals surface area contributed by atoms with Gasteiger partial charge in [0.2, 0.25) is 11.8 Å². The summed E-state index contributed by atoms with van der Waals surface area (Å²) in [5.41, 5.74) is -2.00. The van der Waals surface area contributed by atoms with Crippen LogP contribution in [0.5, 0.6) is 0 Å². The van der Waals surface area contributed by atoms with Gasteiger partial charge in [-0.25, -0.2) is 13.8 Å². The van der Waals surface area contributed by atoms with Gasteiger partial charge in [0.25, 0.3) is 16.0 Å². The first-order chi connectivity index (χ1) is 23.1. The number of hydrogen-bond donors (Lipinski definition) is 4. The van der Waals surface area contributed by atoms with E-state index in [-0.39, 0.29) is 24.5 Å². The average Bonchev–Trinajstić information content (AvgIpc) is 3.50. The SMILES string of the molecule is COC[C@H](NC(=O)c1cnc(C)s1)C(=O)N[C@@H](COC)C(=O)N[C@@H](Cc1ccccc1)C(=O)C(C)(O)COS(=O)(=O)c1ccc(F)c(F)c1. The van der Waals surface area contributed by atoms with Crippen molar-refractivity contribution in [2.75, 3.05) is 34.0 Å². The van der Waals surface area contributed by atoms with Crippen molar-refractivity contribution in [1.82, 2.24) is 20.9 Å². The number of aliphatic hydroxyl groups is 1. The van der Waals surface area contributed by atoms with Gasteiger partial charge in [0, 0.05) is 14.2 Å². The highest BCUT2D eigenvalue weighted by molar-refractivity contribution is 7.86. The van der Waals surface area contributed by atoms with Gasteiger partial charge in [0.05, 0.1) is 35.4 Å². The highest BCUT2D eigenvalue weighted by Gasteiger charge is 2.40. The maximum absolute atomic E-state index is 13.7. The van der Waals surface area contributed by atoms with Crippen LogP contribution in [0.1, 0.15) is 27.2 Å². The molecule has 2 aromatic carbocycles. The lowest BCUT2D eigenvalue weighted by Crippen LogP contribution is -2.60. The predicted octanol–water partition coefficient (Wildman–Crippen LogP) is 1.06. The molecule has 3 rings (SSSR count). The Morgan fingerprint density at radius 3 is 2.06 bits per heavy atom. The van der Waals surface area contributed by atoms with Crippen LogP contribution in [0.15, 0.2) is 59.6 Å². The molecule has 14 nitrogen and oxygen atoms in total. The van der Waals surface area contributed by atoms with E-state index in [2.05, 4.69) is 20.9 Å². The molecular weight excluding hydrogens is 690 g/mol. The summed E-state index contributed by atoms with van der Waals surface area (Å²) >= 11 is 1.11. The molecule has 0 saturated carbocycles. The van der Waals surface area contributed by atoms with Gasteiger partial charge >= 0.3 is 0 Å². The highest BCUT2D eigenvalue weighted by atomic mass is 32.2. The second-order valence-corrected chi connectivity index (χ2v) is 13.8. The van der Waals surface area contributed by atoms with E-state index in [1.165, 1.54) is 20.4 Å². The van der Waals surface area contributed by atoms with E-state index < -0.39 is 80.5 Å². The Morgan fingerprint density at radius 2 is 1.51 bits per heavy atom. The van der Waals surface area contributed by atoms with Crippen molar-refractivity contribution in [1.29, 1.82) is 0 Å². The molecule has 0 radical (unpaired) electrons. The number of carbonyl (C=O) groups is 4. The number of hydrogen-bond acceptors (Lipinski definition) is 12. The maximum Gasteiger partial charge on any atom is 0.297 e. The molecule has 1 aromatic heterocycles. The molecule has 0 saturated heterocycles. The van der Waals surface area contributed by atoms with Gasteiger partial charge in [-0.05, 0) is 44.0 Å². The van der Waals surface area contributed by atoms with Crippen LogP contribution in [0, 0.1) is 18.6 Å². The second kappa shape index (κ2) is 17.5. The Bertz CT molecular complexity index is 1740. The van der Waals surface area contributed by atoms with Gasteiger partial charge in [0.1, 0.15) is 29.2 Å². The molecule has 49 heavy (non-hydrogen) atoms. The van der Waals surface area contributed by atoms with Crippen LogP contribution < -0.4 is 16.0 Å². The Hall–Kier alpha value is -4.20. The third-order valence-electron chi connectivity index (χ3n) is 6.89. The molecule has 0 fully saturated rings. The van der Waals surface area contributed by atoms with Crippen LogP contribution in [0.25, 0.3) is 0 Å². The van der Waals surface area contributed by atoms with E-state index in [0.717, 1.165) is 24.3 Å². The summed E-state index contributed by atoms with van der Waals surface area (Å²) in [5, 5.41) is 19.2. The van der Waals surface area contributed by atoms with Crippen LogP contribution in [-0.4, -0.2) is 99.8 Å². The molecule has 0 aliphatic heterocycles. The van der Waals surface area contributed by atoms with Gasteiger partial charge in [-0.2, -0.15) is 8.42 Å². The minimum atomic E-state index is -4.76. The second-order valence-electron chi connectivity index (χ2n) is 10.9. The predicted molar refractivity (Wildman–Crippen MR) is 171 cm³/mol. The van der Waals surface area contributed by atoms with Gasteiger partial charge in [-0.1, -0.05) is 30.3 Å². The monoisotopic (exact) mass is 726 g/mol. The van der Waals surface area contributed by atoms with E-state index in [1.807, 2.05) is 0 Å². The van der Waals surface area contributed by atoms with Crippen LogP contribution in [0.3, 0.4) is 0 Å².